The van der Waals surface area contributed by atoms with Crippen LogP contribution in [0.3, 0.4) is 0 Å². The second-order valence-electron chi connectivity index (χ2n) is 3.97. The lowest BCUT2D eigenvalue weighted by Crippen LogP contribution is -2.13. The van der Waals surface area contributed by atoms with Gasteiger partial charge in [0.05, 0.1) is 0 Å². The fourth-order valence-corrected chi connectivity index (χ4v) is 2.13. The fraction of sp³-hybridized carbons (Fsp3) is 0.154. The van der Waals surface area contributed by atoms with Crippen LogP contribution in [-0.4, -0.2) is 35.3 Å². The molecular weight excluding hydrogens is 284 g/mol. The molecule has 20 heavy (non-hydrogen) atoms. The number of carboxylic acid groups (broad SMARTS) is 1. The van der Waals surface area contributed by atoms with E-state index < -0.39 is 22.2 Å². The Morgan fingerprint density at radius 3 is 2.10 bits per heavy atom. The van der Waals surface area contributed by atoms with Crippen molar-refractivity contribution < 1.29 is 28.0 Å². The Balaban J connectivity index is 0.000000286. The van der Waals surface area contributed by atoms with Gasteiger partial charge in [0.1, 0.15) is 11.0 Å². The van der Waals surface area contributed by atoms with E-state index in [1.165, 1.54) is 13.0 Å². The Labute approximate surface area is 116 Å². The molecule has 0 fully saturated rings. The summed E-state index contributed by atoms with van der Waals surface area (Å²) in [6.45, 7) is 1.20. The van der Waals surface area contributed by atoms with Gasteiger partial charge in [-0.05, 0) is 18.4 Å². The lowest BCUT2D eigenvalue weighted by molar-refractivity contribution is -0.145. The first-order valence-corrected chi connectivity index (χ1v) is 7.03. The summed E-state index contributed by atoms with van der Waals surface area (Å²) in [5, 5.41) is 17.1. The lowest BCUT2D eigenvalue weighted by Gasteiger charge is -2.02. The van der Waals surface area contributed by atoms with Crippen molar-refractivity contribution in [3.05, 3.63) is 42.5 Å². The Morgan fingerprint density at radius 1 is 1.10 bits per heavy atom. The van der Waals surface area contributed by atoms with Crippen LogP contribution in [0.4, 0.5) is 0 Å². The zero-order valence-corrected chi connectivity index (χ0v) is 11.4. The minimum atomic E-state index is -4.13. The fourth-order valence-electron chi connectivity index (χ4n) is 1.42. The van der Waals surface area contributed by atoms with Crippen LogP contribution in [0.15, 0.2) is 47.4 Å². The highest BCUT2D eigenvalue weighted by molar-refractivity contribution is 7.86. The van der Waals surface area contributed by atoms with E-state index in [1.807, 2.05) is 6.07 Å². The average molecular weight is 298 g/mol. The van der Waals surface area contributed by atoms with Crippen LogP contribution in [0.25, 0.3) is 10.8 Å². The van der Waals surface area contributed by atoms with Crippen molar-refractivity contribution in [3.63, 3.8) is 0 Å². The van der Waals surface area contributed by atoms with E-state index in [9.17, 15) is 13.2 Å². The van der Waals surface area contributed by atoms with Crippen molar-refractivity contribution in [1.29, 1.82) is 0 Å². The van der Waals surface area contributed by atoms with Crippen molar-refractivity contribution in [2.45, 2.75) is 17.9 Å². The molecule has 0 heterocycles. The summed E-state index contributed by atoms with van der Waals surface area (Å²) < 4.78 is 31.0. The number of aliphatic hydroxyl groups is 1. The van der Waals surface area contributed by atoms with Crippen molar-refractivity contribution in [2.24, 2.45) is 0 Å². The third-order valence-electron chi connectivity index (χ3n) is 2.38. The van der Waals surface area contributed by atoms with Crippen molar-refractivity contribution in [1.82, 2.24) is 0 Å². The monoisotopic (exact) mass is 298 g/mol. The van der Waals surface area contributed by atoms with E-state index in [0.29, 0.717) is 5.39 Å². The average Bonchev–Trinajstić information content (AvgIpc) is 2.37. The molecule has 0 aliphatic rings. The highest BCUT2D eigenvalue weighted by Crippen LogP contribution is 2.21. The van der Waals surface area contributed by atoms with Gasteiger partial charge in [-0.15, -0.1) is 0 Å². The van der Waals surface area contributed by atoms with Crippen LogP contribution in [0.5, 0.6) is 0 Å². The number of carboxylic acids is 1. The van der Waals surface area contributed by atoms with Crippen LogP contribution in [0, 0.1) is 0 Å². The molecule has 0 amide bonds. The molecule has 6 nitrogen and oxygen atoms in total. The predicted octanol–water partition coefficient (Wildman–Crippen LogP) is 1.54. The molecule has 0 aromatic heterocycles. The van der Waals surface area contributed by atoms with Gasteiger partial charge in [0, 0.05) is 5.39 Å². The SMILES string of the molecule is CC(O)C(=O)O.O=S(=O)(O)c1cccc2ccccc12. The molecule has 2 rings (SSSR count). The van der Waals surface area contributed by atoms with Gasteiger partial charge in [-0.25, -0.2) is 4.79 Å². The maximum Gasteiger partial charge on any atom is 0.332 e. The zero-order chi connectivity index (χ0) is 15.3. The number of rotatable bonds is 2. The second-order valence-corrected chi connectivity index (χ2v) is 5.36. The molecule has 0 spiro atoms. The van der Waals surface area contributed by atoms with E-state index in [2.05, 4.69) is 0 Å². The summed E-state index contributed by atoms with van der Waals surface area (Å²) in [7, 11) is -4.13. The maximum absolute atomic E-state index is 11.0. The van der Waals surface area contributed by atoms with Gasteiger partial charge in [-0.1, -0.05) is 36.4 Å². The summed E-state index contributed by atoms with van der Waals surface area (Å²) in [6, 6.07) is 11.8. The Bertz CT molecular complexity index is 700. The molecule has 7 heteroatoms. The molecule has 0 radical (unpaired) electrons. The zero-order valence-electron chi connectivity index (χ0n) is 10.6. The number of aliphatic hydroxyl groups excluding tert-OH is 1. The van der Waals surface area contributed by atoms with Crippen LogP contribution >= 0.6 is 0 Å². The Kier molecular flexibility index (Phi) is 5.20. The second kappa shape index (κ2) is 6.47. The molecular formula is C13H14O6S. The first-order valence-electron chi connectivity index (χ1n) is 5.59. The molecule has 108 valence electrons. The molecule has 2 aromatic carbocycles. The Morgan fingerprint density at radius 2 is 1.60 bits per heavy atom. The van der Waals surface area contributed by atoms with Crippen molar-refractivity contribution in [3.8, 4) is 0 Å². The molecule has 0 aliphatic heterocycles. The molecule has 3 N–H and O–H groups in total. The molecule has 0 saturated heterocycles. The normalized spacial score (nSPS) is 12.3. The van der Waals surface area contributed by atoms with E-state index >= 15 is 0 Å². The van der Waals surface area contributed by atoms with E-state index in [1.54, 1.807) is 30.3 Å². The summed E-state index contributed by atoms with van der Waals surface area (Å²) in [5.41, 5.74) is 0. The van der Waals surface area contributed by atoms with E-state index in [-0.39, 0.29) is 4.90 Å². The van der Waals surface area contributed by atoms with E-state index in [4.69, 9.17) is 14.8 Å². The van der Waals surface area contributed by atoms with Gasteiger partial charge in [0.25, 0.3) is 10.1 Å². The molecule has 0 aliphatic carbocycles. The number of hydrogen-bond acceptors (Lipinski definition) is 4. The topological polar surface area (TPSA) is 112 Å². The lowest BCUT2D eigenvalue weighted by atomic mass is 10.1. The van der Waals surface area contributed by atoms with Crippen molar-refractivity contribution >= 4 is 26.9 Å². The van der Waals surface area contributed by atoms with Gasteiger partial charge in [-0.2, -0.15) is 8.42 Å². The number of carbonyl (C=O) groups is 1. The predicted molar refractivity (Wildman–Crippen MR) is 73.1 cm³/mol. The quantitative estimate of drug-likeness (QED) is 0.725. The first kappa shape index (κ1) is 16.1. The minimum Gasteiger partial charge on any atom is -0.479 e. The summed E-state index contributed by atoms with van der Waals surface area (Å²) in [5.74, 6) is -1.19. The number of benzene rings is 2. The first-order chi connectivity index (χ1) is 9.23. The standard InChI is InChI=1S/C10H8O3S.C3H6O3/c11-14(12,13)10-7-3-5-8-4-1-2-6-9(8)10;1-2(4)3(5)6/h1-7H,(H,11,12,13);2,4H,1H3,(H,5,6). The van der Waals surface area contributed by atoms with Crippen molar-refractivity contribution in [2.75, 3.05) is 0 Å². The van der Waals surface area contributed by atoms with Gasteiger partial charge >= 0.3 is 5.97 Å². The maximum atomic E-state index is 11.0. The molecule has 1 unspecified atom stereocenters. The third-order valence-corrected chi connectivity index (χ3v) is 3.30. The van der Waals surface area contributed by atoms with Crippen LogP contribution < -0.4 is 0 Å². The number of fused-ring (bicyclic) bond motifs is 1. The highest BCUT2D eigenvalue weighted by Gasteiger charge is 2.12. The molecule has 1 atom stereocenters. The molecule has 0 bridgehead atoms. The van der Waals surface area contributed by atoms with Gasteiger partial charge < -0.3 is 10.2 Å². The van der Waals surface area contributed by atoms with Crippen LogP contribution in [0.1, 0.15) is 6.92 Å². The van der Waals surface area contributed by atoms with Crippen LogP contribution in [0.2, 0.25) is 0 Å². The van der Waals surface area contributed by atoms with Gasteiger partial charge in [0.15, 0.2) is 0 Å². The minimum absolute atomic E-state index is 0.0457. The van der Waals surface area contributed by atoms with Crippen LogP contribution in [-0.2, 0) is 14.9 Å². The number of aliphatic carboxylic acids is 1. The summed E-state index contributed by atoms with van der Waals surface area (Å²) in [6.07, 6.45) is -1.23. The largest absolute Gasteiger partial charge is 0.479 e. The summed E-state index contributed by atoms with van der Waals surface area (Å²) in [4.78, 5) is 9.40. The number of hydrogen-bond donors (Lipinski definition) is 3. The Hall–Kier alpha value is -1.96. The molecule has 0 saturated carbocycles. The third kappa shape index (κ3) is 4.30. The van der Waals surface area contributed by atoms with Gasteiger partial charge in [-0.3, -0.25) is 4.55 Å². The molecule has 2 aromatic rings. The summed E-state index contributed by atoms with van der Waals surface area (Å²) >= 11 is 0. The van der Waals surface area contributed by atoms with E-state index in [0.717, 1.165) is 5.39 Å². The van der Waals surface area contributed by atoms with Gasteiger partial charge in [0.2, 0.25) is 0 Å². The smallest absolute Gasteiger partial charge is 0.332 e. The highest BCUT2D eigenvalue weighted by atomic mass is 32.2.